The van der Waals surface area contributed by atoms with Crippen LogP contribution in [0.3, 0.4) is 0 Å². The fraction of sp³-hybridized carbons (Fsp3) is 0.800. The molecular formula is C10H21NO3S. The van der Waals surface area contributed by atoms with E-state index in [9.17, 15) is 8.42 Å². The van der Waals surface area contributed by atoms with Gasteiger partial charge in [-0.2, -0.15) is 0 Å². The second kappa shape index (κ2) is 6.25. The Hall–Kier alpha value is -0.390. The molecule has 15 heavy (non-hydrogen) atoms. The molecule has 0 heterocycles. The molecule has 0 fully saturated rings. The maximum absolute atomic E-state index is 11.4. The summed E-state index contributed by atoms with van der Waals surface area (Å²) in [4.78, 5) is 0. The van der Waals surface area contributed by atoms with E-state index in [-0.39, 0.29) is 12.0 Å². The van der Waals surface area contributed by atoms with Gasteiger partial charge in [0.1, 0.15) is 0 Å². The van der Waals surface area contributed by atoms with Gasteiger partial charge in [0.05, 0.1) is 11.4 Å². The number of primary sulfonamides is 1. The lowest BCUT2D eigenvalue weighted by molar-refractivity contribution is 0.106. The highest BCUT2D eigenvalue weighted by atomic mass is 32.2. The van der Waals surface area contributed by atoms with E-state index in [0.29, 0.717) is 12.8 Å². The van der Waals surface area contributed by atoms with Gasteiger partial charge in [0.15, 0.2) is 0 Å². The van der Waals surface area contributed by atoms with Gasteiger partial charge in [-0.05, 0) is 25.7 Å². The first kappa shape index (κ1) is 14.6. The van der Waals surface area contributed by atoms with Crippen molar-refractivity contribution in [2.75, 3.05) is 7.11 Å². The highest BCUT2D eigenvalue weighted by molar-refractivity contribution is 7.89. The van der Waals surface area contributed by atoms with Crippen molar-refractivity contribution >= 4 is 10.0 Å². The molecular weight excluding hydrogens is 214 g/mol. The maximum Gasteiger partial charge on any atom is 0.212 e. The smallest absolute Gasteiger partial charge is 0.212 e. The van der Waals surface area contributed by atoms with Crippen LogP contribution in [-0.4, -0.2) is 26.9 Å². The summed E-state index contributed by atoms with van der Waals surface area (Å²) in [5, 5.41) is 4.63. The molecule has 0 radical (unpaired) electrons. The summed E-state index contributed by atoms with van der Waals surface area (Å²) in [6.45, 7) is 7.29. The molecule has 90 valence electrons. The van der Waals surface area contributed by atoms with Crippen LogP contribution in [0.1, 0.15) is 26.7 Å². The number of rotatable bonds is 7. The van der Waals surface area contributed by atoms with Gasteiger partial charge in [0, 0.05) is 7.11 Å². The number of sulfonamides is 1. The SMILES string of the molecule is C=CC[C@H](C)[C@H](C[C@@H](C)OC)S(N)(=O)=O. The number of nitrogens with two attached hydrogens (primary N) is 1. The minimum atomic E-state index is -3.52. The third-order valence-corrected chi connectivity index (χ3v) is 4.06. The van der Waals surface area contributed by atoms with Crippen LogP contribution in [-0.2, 0) is 14.8 Å². The third kappa shape index (κ3) is 5.30. The van der Waals surface area contributed by atoms with Gasteiger partial charge in [0.25, 0.3) is 0 Å². The number of hydrogen-bond donors (Lipinski definition) is 1. The minimum absolute atomic E-state index is 0.0323. The summed E-state index contributed by atoms with van der Waals surface area (Å²) >= 11 is 0. The van der Waals surface area contributed by atoms with E-state index in [1.54, 1.807) is 13.2 Å². The molecule has 2 N–H and O–H groups in total. The van der Waals surface area contributed by atoms with Crippen LogP contribution in [0.2, 0.25) is 0 Å². The first-order valence-corrected chi connectivity index (χ1v) is 6.59. The Bertz CT molecular complexity index is 287. The Morgan fingerprint density at radius 3 is 2.33 bits per heavy atom. The summed E-state index contributed by atoms with van der Waals surface area (Å²) in [6.07, 6.45) is 2.66. The van der Waals surface area contributed by atoms with Crippen molar-refractivity contribution in [1.29, 1.82) is 0 Å². The fourth-order valence-electron chi connectivity index (χ4n) is 1.53. The van der Waals surface area contributed by atoms with Crippen LogP contribution in [0.4, 0.5) is 0 Å². The third-order valence-electron chi connectivity index (χ3n) is 2.56. The monoisotopic (exact) mass is 235 g/mol. The zero-order chi connectivity index (χ0) is 12.1. The van der Waals surface area contributed by atoms with Crippen molar-refractivity contribution in [3.63, 3.8) is 0 Å². The number of ether oxygens (including phenoxy) is 1. The van der Waals surface area contributed by atoms with Gasteiger partial charge in [-0.25, -0.2) is 13.6 Å². The molecule has 0 bridgehead atoms. The van der Waals surface area contributed by atoms with Crippen LogP contribution in [0, 0.1) is 5.92 Å². The van der Waals surface area contributed by atoms with Gasteiger partial charge < -0.3 is 4.74 Å². The first-order valence-electron chi connectivity index (χ1n) is 4.98. The molecule has 0 aliphatic heterocycles. The zero-order valence-corrected chi connectivity index (χ0v) is 10.5. The van der Waals surface area contributed by atoms with Gasteiger partial charge in [-0.1, -0.05) is 13.0 Å². The molecule has 0 amide bonds. The minimum Gasteiger partial charge on any atom is -0.382 e. The molecule has 0 rings (SSSR count). The van der Waals surface area contributed by atoms with E-state index in [1.165, 1.54) is 0 Å². The fourth-order valence-corrected chi connectivity index (χ4v) is 2.83. The molecule has 0 aliphatic carbocycles. The zero-order valence-electron chi connectivity index (χ0n) is 9.64. The van der Waals surface area contributed by atoms with E-state index in [4.69, 9.17) is 9.88 Å². The predicted octanol–water partition coefficient (Wildman–Crippen LogP) is 1.28. The molecule has 3 atom stereocenters. The Labute approximate surface area is 92.5 Å². The Kier molecular flexibility index (Phi) is 6.09. The lowest BCUT2D eigenvalue weighted by atomic mass is 9.99. The van der Waals surface area contributed by atoms with Crippen LogP contribution < -0.4 is 5.14 Å². The molecule has 5 heteroatoms. The van der Waals surface area contributed by atoms with Crippen molar-refractivity contribution in [2.45, 2.75) is 38.0 Å². The first-order chi connectivity index (χ1) is 6.82. The van der Waals surface area contributed by atoms with Crippen molar-refractivity contribution < 1.29 is 13.2 Å². The largest absolute Gasteiger partial charge is 0.382 e. The second-order valence-electron chi connectivity index (χ2n) is 3.91. The summed E-state index contributed by atoms with van der Waals surface area (Å²) in [5.74, 6) is -0.0323. The molecule has 0 saturated carbocycles. The number of hydrogen-bond acceptors (Lipinski definition) is 3. The number of methoxy groups -OCH3 is 1. The molecule has 0 saturated heterocycles. The highest BCUT2D eigenvalue weighted by Gasteiger charge is 2.28. The molecule has 0 aromatic rings. The van der Waals surface area contributed by atoms with Gasteiger partial charge in [0.2, 0.25) is 10.0 Å². The molecule has 0 aliphatic rings. The van der Waals surface area contributed by atoms with E-state index >= 15 is 0 Å². The molecule has 0 unspecified atom stereocenters. The Morgan fingerprint density at radius 2 is 2.00 bits per heavy atom. The molecule has 0 spiro atoms. The standard InChI is InChI=1S/C10H21NO3S/c1-5-6-8(2)10(15(11,12)13)7-9(3)14-4/h5,8-10H,1,6-7H2,2-4H3,(H2,11,12,13)/t8-,9+,10-/m0/s1. The van der Waals surface area contributed by atoms with Crippen molar-refractivity contribution in [1.82, 2.24) is 0 Å². The van der Waals surface area contributed by atoms with Crippen molar-refractivity contribution in [2.24, 2.45) is 11.1 Å². The number of allylic oxidation sites excluding steroid dienone is 1. The maximum atomic E-state index is 11.4. The van der Waals surface area contributed by atoms with Crippen LogP contribution in [0.25, 0.3) is 0 Å². The Morgan fingerprint density at radius 1 is 1.47 bits per heavy atom. The van der Waals surface area contributed by atoms with Gasteiger partial charge >= 0.3 is 0 Å². The normalized spacial score (nSPS) is 18.1. The van der Waals surface area contributed by atoms with Crippen LogP contribution in [0.15, 0.2) is 12.7 Å². The quantitative estimate of drug-likeness (QED) is 0.676. The van der Waals surface area contributed by atoms with E-state index < -0.39 is 15.3 Å². The Balaban J connectivity index is 4.66. The van der Waals surface area contributed by atoms with E-state index in [1.807, 2.05) is 13.8 Å². The predicted molar refractivity (Wildman–Crippen MR) is 62.0 cm³/mol. The van der Waals surface area contributed by atoms with Crippen molar-refractivity contribution in [3.8, 4) is 0 Å². The van der Waals surface area contributed by atoms with Crippen molar-refractivity contribution in [3.05, 3.63) is 12.7 Å². The molecule has 4 nitrogen and oxygen atoms in total. The van der Waals surface area contributed by atoms with Gasteiger partial charge in [-0.3, -0.25) is 0 Å². The van der Waals surface area contributed by atoms with E-state index in [2.05, 4.69) is 6.58 Å². The molecule has 0 aromatic heterocycles. The van der Waals surface area contributed by atoms with Crippen LogP contribution >= 0.6 is 0 Å². The summed E-state index contributed by atoms with van der Waals surface area (Å²) in [6, 6.07) is 0. The average molecular weight is 235 g/mol. The average Bonchev–Trinajstić information content (AvgIpc) is 2.12. The van der Waals surface area contributed by atoms with E-state index in [0.717, 1.165) is 0 Å². The lowest BCUT2D eigenvalue weighted by Crippen LogP contribution is -2.36. The summed E-state index contributed by atoms with van der Waals surface area (Å²) in [5.41, 5.74) is 0. The van der Waals surface area contributed by atoms with Gasteiger partial charge in [-0.15, -0.1) is 6.58 Å². The molecule has 0 aromatic carbocycles. The highest BCUT2D eigenvalue weighted by Crippen LogP contribution is 2.20. The van der Waals surface area contributed by atoms with Crippen LogP contribution in [0.5, 0.6) is 0 Å². The second-order valence-corrected chi connectivity index (χ2v) is 5.69. The lowest BCUT2D eigenvalue weighted by Gasteiger charge is -2.23. The summed E-state index contributed by atoms with van der Waals surface area (Å²) in [7, 11) is -1.96. The topological polar surface area (TPSA) is 69.4 Å². The summed E-state index contributed by atoms with van der Waals surface area (Å²) < 4.78 is 27.8.